The van der Waals surface area contributed by atoms with Crippen molar-refractivity contribution in [1.29, 1.82) is 0 Å². The van der Waals surface area contributed by atoms with Crippen molar-refractivity contribution in [3.8, 4) is 11.8 Å². The summed E-state index contributed by atoms with van der Waals surface area (Å²) in [6.45, 7) is 6.26. The minimum atomic E-state index is 0.514. The highest BCUT2D eigenvalue weighted by Crippen LogP contribution is 2.27. The average Bonchev–Trinajstić information content (AvgIpc) is 2.18. The highest BCUT2D eigenvalue weighted by molar-refractivity contribution is 9.10. The second kappa shape index (κ2) is 5.22. The van der Waals surface area contributed by atoms with Crippen LogP contribution in [0.3, 0.4) is 0 Å². The largest absolute Gasteiger partial charge is 0.107 e. The minimum absolute atomic E-state index is 0.514. The molecule has 1 aromatic carbocycles. The van der Waals surface area contributed by atoms with E-state index in [-0.39, 0.29) is 0 Å². The molecule has 0 aromatic heterocycles. The Bertz CT molecular complexity index is 369. The molecule has 0 bridgehead atoms. The zero-order valence-electron chi connectivity index (χ0n) is 8.89. The van der Waals surface area contributed by atoms with Crippen LogP contribution in [0.2, 0.25) is 0 Å². The van der Waals surface area contributed by atoms with E-state index < -0.39 is 0 Å². The third-order valence-electron chi connectivity index (χ3n) is 2.43. The first-order valence-electron chi connectivity index (χ1n) is 4.81. The van der Waals surface area contributed by atoms with Gasteiger partial charge in [0, 0.05) is 10.9 Å². The molecule has 0 heterocycles. The number of hydrogen-bond donors (Lipinski definition) is 0. The number of hydrogen-bond acceptors (Lipinski definition) is 0. The summed E-state index contributed by atoms with van der Waals surface area (Å²) in [5.41, 5.74) is 2.72. The fourth-order valence-corrected chi connectivity index (χ4v) is 1.90. The standard InChI is InChI=1S/C13H15Br/c1-4-5-7-10(2)12-8-6-9-13(14)11(12)3/h6,8-10H,7H2,1-3H3. The Morgan fingerprint density at radius 3 is 2.79 bits per heavy atom. The van der Waals surface area contributed by atoms with E-state index in [2.05, 4.69) is 59.8 Å². The van der Waals surface area contributed by atoms with Gasteiger partial charge >= 0.3 is 0 Å². The van der Waals surface area contributed by atoms with Crippen LogP contribution in [-0.2, 0) is 0 Å². The maximum atomic E-state index is 3.55. The molecule has 0 aliphatic rings. The first-order valence-corrected chi connectivity index (χ1v) is 5.60. The SMILES string of the molecule is CC#CCC(C)c1cccc(Br)c1C. The molecule has 0 N–H and O–H groups in total. The van der Waals surface area contributed by atoms with Crippen LogP contribution in [0.1, 0.15) is 37.3 Å². The summed E-state index contributed by atoms with van der Waals surface area (Å²) in [4.78, 5) is 0. The van der Waals surface area contributed by atoms with Crippen molar-refractivity contribution in [1.82, 2.24) is 0 Å². The van der Waals surface area contributed by atoms with Gasteiger partial charge in [0.25, 0.3) is 0 Å². The first-order chi connectivity index (χ1) is 6.66. The molecular weight excluding hydrogens is 236 g/mol. The molecule has 0 saturated heterocycles. The Morgan fingerprint density at radius 2 is 2.14 bits per heavy atom. The molecule has 1 rings (SSSR count). The van der Waals surface area contributed by atoms with Crippen LogP contribution < -0.4 is 0 Å². The first kappa shape index (κ1) is 11.3. The predicted octanol–water partition coefficient (Wildman–Crippen LogP) is 4.27. The van der Waals surface area contributed by atoms with Crippen molar-refractivity contribution in [3.63, 3.8) is 0 Å². The Balaban J connectivity index is 2.93. The molecule has 0 aliphatic carbocycles. The predicted molar refractivity (Wildman–Crippen MR) is 65.4 cm³/mol. The lowest BCUT2D eigenvalue weighted by Gasteiger charge is -2.12. The van der Waals surface area contributed by atoms with Gasteiger partial charge in [0.1, 0.15) is 0 Å². The van der Waals surface area contributed by atoms with E-state index in [1.807, 2.05) is 6.92 Å². The van der Waals surface area contributed by atoms with Gasteiger partial charge < -0.3 is 0 Å². The van der Waals surface area contributed by atoms with Crippen LogP contribution in [0, 0.1) is 18.8 Å². The van der Waals surface area contributed by atoms with Gasteiger partial charge in [-0.05, 0) is 37.0 Å². The van der Waals surface area contributed by atoms with Crippen molar-refractivity contribution in [3.05, 3.63) is 33.8 Å². The zero-order valence-corrected chi connectivity index (χ0v) is 10.5. The van der Waals surface area contributed by atoms with E-state index in [0.29, 0.717) is 5.92 Å². The van der Waals surface area contributed by atoms with E-state index in [0.717, 1.165) is 6.42 Å². The lowest BCUT2D eigenvalue weighted by atomic mass is 9.94. The van der Waals surface area contributed by atoms with Crippen molar-refractivity contribution in [2.75, 3.05) is 0 Å². The lowest BCUT2D eigenvalue weighted by Crippen LogP contribution is -1.96. The third kappa shape index (κ3) is 2.62. The summed E-state index contributed by atoms with van der Waals surface area (Å²) in [6, 6.07) is 6.35. The van der Waals surface area contributed by atoms with Crippen LogP contribution in [-0.4, -0.2) is 0 Å². The van der Waals surface area contributed by atoms with Gasteiger partial charge in [-0.25, -0.2) is 0 Å². The van der Waals surface area contributed by atoms with Crippen molar-refractivity contribution in [2.24, 2.45) is 0 Å². The fraction of sp³-hybridized carbons (Fsp3) is 0.385. The molecule has 0 radical (unpaired) electrons. The van der Waals surface area contributed by atoms with E-state index in [1.165, 1.54) is 15.6 Å². The summed E-state index contributed by atoms with van der Waals surface area (Å²) < 4.78 is 1.19. The smallest absolute Gasteiger partial charge is 0.0207 e. The molecule has 0 amide bonds. The summed E-state index contributed by atoms with van der Waals surface area (Å²) in [6.07, 6.45) is 0.938. The number of benzene rings is 1. The Hall–Kier alpha value is -0.740. The van der Waals surface area contributed by atoms with Crippen LogP contribution in [0.15, 0.2) is 22.7 Å². The second-order valence-corrected chi connectivity index (χ2v) is 4.34. The van der Waals surface area contributed by atoms with Crippen LogP contribution in [0.5, 0.6) is 0 Å². The molecule has 1 atom stereocenters. The van der Waals surface area contributed by atoms with Crippen LogP contribution in [0.25, 0.3) is 0 Å². The van der Waals surface area contributed by atoms with Crippen molar-refractivity contribution in [2.45, 2.75) is 33.1 Å². The highest BCUT2D eigenvalue weighted by Gasteiger charge is 2.08. The van der Waals surface area contributed by atoms with Gasteiger partial charge in [0.05, 0.1) is 0 Å². The van der Waals surface area contributed by atoms with Crippen LogP contribution >= 0.6 is 15.9 Å². The molecule has 14 heavy (non-hydrogen) atoms. The van der Waals surface area contributed by atoms with Crippen molar-refractivity contribution >= 4 is 15.9 Å². The Kier molecular flexibility index (Phi) is 4.22. The van der Waals surface area contributed by atoms with E-state index in [9.17, 15) is 0 Å². The second-order valence-electron chi connectivity index (χ2n) is 3.49. The summed E-state index contributed by atoms with van der Waals surface area (Å²) in [7, 11) is 0. The van der Waals surface area contributed by atoms with Gasteiger partial charge in [-0.1, -0.05) is 35.0 Å². The summed E-state index contributed by atoms with van der Waals surface area (Å²) >= 11 is 3.55. The highest BCUT2D eigenvalue weighted by atomic mass is 79.9. The normalized spacial score (nSPS) is 11.7. The van der Waals surface area contributed by atoms with Crippen LogP contribution in [0.4, 0.5) is 0 Å². The average molecular weight is 251 g/mol. The third-order valence-corrected chi connectivity index (χ3v) is 3.28. The van der Waals surface area contributed by atoms with Gasteiger partial charge in [0.15, 0.2) is 0 Å². The number of rotatable bonds is 2. The topological polar surface area (TPSA) is 0 Å². The quantitative estimate of drug-likeness (QED) is 0.688. The molecular formula is C13H15Br. The lowest BCUT2D eigenvalue weighted by molar-refractivity contribution is 0.787. The maximum Gasteiger partial charge on any atom is 0.0207 e. The number of halogens is 1. The minimum Gasteiger partial charge on any atom is -0.107 e. The monoisotopic (exact) mass is 250 g/mol. The molecule has 74 valence electrons. The molecule has 0 nitrogen and oxygen atoms in total. The molecule has 1 aromatic rings. The van der Waals surface area contributed by atoms with Gasteiger partial charge in [-0.2, -0.15) is 0 Å². The fourth-order valence-electron chi connectivity index (χ4n) is 1.52. The molecule has 0 spiro atoms. The van der Waals surface area contributed by atoms with E-state index in [4.69, 9.17) is 0 Å². The Morgan fingerprint density at radius 1 is 1.43 bits per heavy atom. The summed E-state index contributed by atoms with van der Waals surface area (Å²) in [5.74, 6) is 6.58. The van der Waals surface area contributed by atoms with Gasteiger partial charge in [0.2, 0.25) is 0 Å². The van der Waals surface area contributed by atoms with E-state index >= 15 is 0 Å². The molecule has 1 heteroatoms. The molecule has 1 unspecified atom stereocenters. The maximum absolute atomic E-state index is 3.55. The van der Waals surface area contributed by atoms with Gasteiger partial charge in [-0.15, -0.1) is 11.8 Å². The van der Waals surface area contributed by atoms with E-state index in [1.54, 1.807) is 0 Å². The zero-order chi connectivity index (χ0) is 10.6. The summed E-state index contributed by atoms with van der Waals surface area (Å²) in [5, 5.41) is 0. The Labute approximate surface area is 94.9 Å². The molecule has 0 aliphatic heterocycles. The van der Waals surface area contributed by atoms with Crippen molar-refractivity contribution < 1.29 is 0 Å². The molecule has 0 saturated carbocycles. The van der Waals surface area contributed by atoms with Gasteiger partial charge in [-0.3, -0.25) is 0 Å². The molecule has 0 fully saturated rings.